The van der Waals surface area contributed by atoms with Gasteiger partial charge in [0.25, 0.3) is 5.89 Å². The van der Waals surface area contributed by atoms with E-state index in [0.29, 0.717) is 17.5 Å². The van der Waals surface area contributed by atoms with Gasteiger partial charge in [0.05, 0.1) is 0 Å². The Labute approximate surface area is 129 Å². The van der Waals surface area contributed by atoms with Gasteiger partial charge in [-0.3, -0.25) is 0 Å². The maximum Gasteiger partial charge on any atom is 0.264 e. The summed E-state index contributed by atoms with van der Waals surface area (Å²) in [6, 6.07) is 5.91. The van der Waals surface area contributed by atoms with Crippen LogP contribution < -0.4 is 9.47 Å². The van der Waals surface area contributed by atoms with Gasteiger partial charge in [-0.15, -0.1) is 0 Å². The van der Waals surface area contributed by atoms with Gasteiger partial charge in [0.2, 0.25) is 0 Å². The van der Waals surface area contributed by atoms with Crippen LogP contribution in [0.15, 0.2) is 22.7 Å². The maximum atomic E-state index is 5.96. The lowest BCUT2D eigenvalue weighted by Crippen LogP contribution is -2.24. The monoisotopic (exact) mass is 304 g/mol. The Morgan fingerprint density at radius 1 is 1.36 bits per heavy atom. The molecular formula is C16H20N2O4. The number of ether oxygens (including phenoxy) is 3. The van der Waals surface area contributed by atoms with Gasteiger partial charge in [-0.2, -0.15) is 4.98 Å². The number of hydrogen-bond donors (Lipinski definition) is 0. The maximum absolute atomic E-state index is 5.96. The highest BCUT2D eigenvalue weighted by Crippen LogP contribution is 2.41. The fourth-order valence-electron chi connectivity index (χ4n) is 2.44. The quantitative estimate of drug-likeness (QED) is 0.845. The lowest BCUT2D eigenvalue weighted by Gasteiger charge is -2.18. The second kappa shape index (κ2) is 5.61. The van der Waals surface area contributed by atoms with E-state index in [1.807, 2.05) is 19.1 Å². The van der Waals surface area contributed by atoms with Crippen molar-refractivity contribution in [1.82, 2.24) is 10.1 Å². The van der Waals surface area contributed by atoms with E-state index in [4.69, 9.17) is 18.7 Å². The number of nitrogens with zero attached hydrogens (tertiary/aromatic N) is 2. The number of rotatable bonds is 5. The third kappa shape index (κ3) is 2.92. The minimum atomic E-state index is -0.206. The molecule has 0 spiro atoms. The molecule has 0 bridgehead atoms. The third-order valence-corrected chi connectivity index (χ3v) is 3.61. The molecule has 1 aromatic heterocycles. The first-order chi connectivity index (χ1) is 10.5. The lowest BCUT2D eigenvalue weighted by molar-refractivity contribution is 0.109. The summed E-state index contributed by atoms with van der Waals surface area (Å²) in [5, 5.41) is 3.87. The van der Waals surface area contributed by atoms with Crippen molar-refractivity contribution in [2.45, 2.75) is 45.5 Å². The van der Waals surface area contributed by atoms with Crippen LogP contribution in [0.5, 0.6) is 11.5 Å². The SMILES string of the molecule is COC(C)c1noc(COc2cccc3c2OC(C)(C)C3)n1. The minimum Gasteiger partial charge on any atom is -0.483 e. The van der Waals surface area contributed by atoms with Crippen LogP contribution in [0.1, 0.15) is 44.2 Å². The fraction of sp³-hybridized carbons (Fsp3) is 0.500. The number of para-hydroxylation sites is 1. The second-order valence-electron chi connectivity index (χ2n) is 6.00. The van der Waals surface area contributed by atoms with Crippen LogP contribution in [0.2, 0.25) is 0 Å². The van der Waals surface area contributed by atoms with Crippen LogP contribution in [0.3, 0.4) is 0 Å². The molecule has 0 amide bonds. The molecule has 2 heterocycles. The zero-order chi connectivity index (χ0) is 15.7. The van der Waals surface area contributed by atoms with Crippen molar-refractivity contribution in [2.24, 2.45) is 0 Å². The number of methoxy groups -OCH3 is 1. The molecule has 22 heavy (non-hydrogen) atoms. The molecule has 6 nitrogen and oxygen atoms in total. The second-order valence-corrected chi connectivity index (χ2v) is 6.00. The van der Waals surface area contributed by atoms with E-state index < -0.39 is 0 Å². The molecule has 1 aromatic carbocycles. The number of hydrogen-bond acceptors (Lipinski definition) is 6. The molecule has 3 rings (SSSR count). The molecule has 1 atom stereocenters. The predicted molar refractivity (Wildman–Crippen MR) is 78.9 cm³/mol. The van der Waals surface area contributed by atoms with Crippen molar-refractivity contribution in [3.05, 3.63) is 35.5 Å². The molecule has 0 radical (unpaired) electrons. The normalized spacial score (nSPS) is 16.9. The van der Waals surface area contributed by atoms with Gasteiger partial charge in [0.1, 0.15) is 11.7 Å². The van der Waals surface area contributed by atoms with Crippen LogP contribution in [0.4, 0.5) is 0 Å². The standard InChI is InChI=1S/C16H20N2O4/c1-10(19-4)15-17-13(22-18-15)9-20-12-7-5-6-11-8-16(2,3)21-14(11)12/h5-7,10H,8-9H2,1-4H3. The molecule has 1 aliphatic heterocycles. The molecule has 0 fully saturated rings. The van der Waals surface area contributed by atoms with E-state index in [1.165, 1.54) is 0 Å². The molecule has 0 saturated carbocycles. The van der Waals surface area contributed by atoms with E-state index in [2.05, 4.69) is 30.1 Å². The summed E-state index contributed by atoms with van der Waals surface area (Å²) in [4.78, 5) is 4.25. The average molecular weight is 304 g/mol. The zero-order valence-electron chi connectivity index (χ0n) is 13.3. The first-order valence-electron chi connectivity index (χ1n) is 7.27. The van der Waals surface area contributed by atoms with Crippen molar-refractivity contribution in [3.8, 4) is 11.5 Å². The van der Waals surface area contributed by atoms with Crippen LogP contribution in [0, 0.1) is 0 Å². The summed E-state index contributed by atoms with van der Waals surface area (Å²) in [6.45, 7) is 6.18. The van der Waals surface area contributed by atoms with Crippen molar-refractivity contribution in [3.63, 3.8) is 0 Å². The van der Waals surface area contributed by atoms with E-state index in [9.17, 15) is 0 Å². The van der Waals surface area contributed by atoms with Crippen LogP contribution >= 0.6 is 0 Å². The molecule has 6 heteroatoms. The largest absolute Gasteiger partial charge is 0.483 e. The van der Waals surface area contributed by atoms with Gasteiger partial charge < -0.3 is 18.7 Å². The van der Waals surface area contributed by atoms with Gasteiger partial charge >= 0.3 is 0 Å². The molecule has 2 aromatic rings. The van der Waals surface area contributed by atoms with Crippen LogP contribution in [0.25, 0.3) is 0 Å². The Morgan fingerprint density at radius 2 is 2.18 bits per heavy atom. The molecular weight excluding hydrogens is 284 g/mol. The molecule has 1 unspecified atom stereocenters. The Kier molecular flexibility index (Phi) is 3.78. The van der Waals surface area contributed by atoms with E-state index in [-0.39, 0.29) is 18.3 Å². The van der Waals surface area contributed by atoms with Crippen molar-refractivity contribution >= 4 is 0 Å². The van der Waals surface area contributed by atoms with Crippen molar-refractivity contribution in [1.29, 1.82) is 0 Å². The molecule has 118 valence electrons. The van der Waals surface area contributed by atoms with Gasteiger partial charge in [0.15, 0.2) is 23.9 Å². The molecule has 0 aliphatic carbocycles. The minimum absolute atomic E-state index is 0.198. The van der Waals surface area contributed by atoms with E-state index in [0.717, 1.165) is 17.7 Å². The highest BCUT2D eigenvalue weighted by atomic mass is 16.5. The summed E-state index contributed by atoms with van der Waals surface area (Å²) in [7, 11) is 1.60. The van der Waals surface area contributed by atoms with E-state index in [1.54, 1.807) is 7.11 Å². The van der Waals surface area contributed by atoms with Gasteiger partial charge in [-0.25, -0.2) is 0 Å². The molecule has 1 aliphatic rings. The first-order valence-corrected chi connectivity index (χ1v) is 7.27. The highest BCUT2D eigenvalue weighted by molar-refractivity contribution is 5.50. The van der Waals surface area contributed by atoms with E-state index >= 15 is 0 Å². The van der Waals surface area contributed by atoms with Gasteiger partial charge in [-0.1, -0.05) is 17.3 Å². The third-order valence-electron chi connectivity index (χ3n) is 3.61. The summed E-state index contributed by atoms with van der Waals surface area (Å²) in [6.07, 6.45) is 0.665. The summed E-state index contributed by atoms with van der Waals surface area (Å²) in [5.74, 6) is 2.42. The predicted octanol–water partition coefficient (Wildman–Crippen LogP) is 3.07. The topological polar surface area (TPSA) is 66.6 Å². The van der Waals surface area contributed by atoms with Crippen molar-refractivity contribution < 1.29 is 18.7 Å². The molecule has 0 saturated heterocycles. The van der Waals surface area contributed by atoms with Gasteiger partial charge in [-0.05, 0) is 26.8 Å². The summed E-state index contributed by atoms with van der Waals surface area (Å²) in [5.41, 5.74) is 0.953. The Hall–Kier alpha value is -2.08. The smallest absolute Gasteiger partial charge is 0.264 e. The first kappa shape index (κ1) is 14.8. The average Bonchev–Trinajstić information content (AvgIpc) is 3.06. The number of fused-ring (bicyclic) bond motifs is 1. The highest BCUT2D eigenvalue weighted by Gasteiger charge is 2.32. The number of benzene rings is 1. The van der Waals surface area contributed by atoms with Crippen LogP contribution in [-0.2, 0) is 17.8 Å². The Morgan fingerprint density at radius 3 is 2.95 bits per heavy atom. The molecule has 0 N–H and O–H groups in total. The van der Waals surface area contributed by atoms with Crippen molar-refractivity contribution in [2.75, 3.05) is 7.11 Å². The lowest BCUT2D eigenvalue weighted by atomic mass is 10.0. The summed E-state index contributed by atoms with van der Waals surface area (Å²) >= 11 is 0. The van der Waals surface area contributed by atoms with Gasteiger partial charge in [0, 0.05) is 19.1 Å². The van der Waals surface area contributed by atoms with Crippen LogP contribution in [-0.4, -0.2) is 22.9 Å². The Balaban J connectivity index is 1.71. The summed E-state index contributed by atoms with van der Waals surface area (Å²) < 4.78 is 22.1. The number of aromatic nitrogens is 2. The zero-order valence-corrected chi connectivity index (χ0v) is 13.3. The fourth-order valence-corrected chi connectivity index (χ4v) is 2.44. The Bertz CT molecular complexity index is 666.